The van der Waals surface area contributed by atoms with Crippen LogP contribution in [0.5, 0.6) is 0 Å². The predicted octanol–water partition coefficient (Wildman–Crippen LogP) is 2.58. The summed E-state index contributed by atoms with van der Waals surface area (Å²) in [6.45, 7) is 3.96. The number of fused-ring (bicyclic) bond motifs is 1. The van der Waals surface area contributed by atoms with Gasteiger partial charge in [0.05, 0.1) is 5.60 Å². The molecule has 2 aliphatic heterocycles. The van der Waals surface area contributed by atoms with E-state index in [1.54, 1.807) is 0 Å². The molecule has 1 aromatic rings. The Hall–Kier alpha value is -0.930. The maximum atomic E-state index is 13.5. The first kappa shape index (κ1) is 12.1. The Bertz CT molecular complexity index is 442. The van der Waals surface area contributed by atoms with Crippen LogP contribution in [0.25, 0.3) is 0 Å². The molecular formula is C15H20FNO. The van der Waals surface area contributed by atoms with E-state index in [-0.39, 0.29) is 5.82 Å². The predicted molar refractivity (Wildman–Crippen MR) is 68.9 cm³/mol. The molecule has 0 radical (unpaired) electrons. The van der Waals surface area contributed by atoms with Gasteiger partial charge in [0, 0.05) is 12.6 Å². The summed E-state index contributed by atoms with van der Waals surface area (Å²) in [5, 5.41) is 10.8. The van der Waals surface area contributed by atoms with E-state index in [4.69, 9.17) is 0 Å². The molecule has 2 atom stereocenters. The van der Waals surface area contributed by atoms with Crippen molar-refractivity contribution < 1.29 is 9.50 Å². The van der Waals surface area contributed by atoms with Crippen LogP contribution < -0.4 is 0 Å². The summed E-state index contributed by atoms with van der Waals surface area (Å²) >= 11 is 0. The van der Waals surface area contributed by atoms with Crippen LogP contribution in [0.2, 0.25) is 0 Å². The normalized spacial score (nSPS) is 32.5. The summed E-state index contributed by atoms with van der Waals surface area (Å²) in [5.74, 6) is -0.243. The van der Waals surface area contributed by atoms with Crippen LogP contribution >= 0.6 is 0 Å². The number of nitrogens with zero attached hydrogens (tertiary/aromatic N) is 1. The van der Waals surface area contributed by atoms with Crippen molar-refractivity contribution in [1.82, 2.24) is 4.90 Å². The van der Waals surface area contributed by atoms with E-state index in [1.165, 1.54) is 18.6 Å². The lowest BCUT2D eigenvalue weighted by molar-refractivity contribution is -0.0411. The topological polar surface area (TPSA) is 23.5 Å². The van der Waals surface area contributed by atoms with Crippen molar-refractivity contribution in [2.24, 2.45) is 0 Å². The molecule has 0 amide bonds. The van der Waals surface area contributed by atoms with Crippen LogP contribution in [-0.2, 0) is 5.60 Å². The molecule has 0 bridgehead atoms. The highest BCUT2D eigenvalue weighted by molar-refractivity contribution is 5.29. The molecule has 2 aliphatic rings. The van der Waals surface area contributed by atoms with Gasteiger partial charge in [-0.25, -0.2) is 4.39 Å². The molecule has 0 saturated carbocycles. The Labute approximate surface area is 107 Å². The number of aryl methyl sites for hydroxylation is 1. The first-order valence-corrected chi connectivity index (χ1v) is 6.81. The Morgan fingerprint density at radius 2 is 2.17 bits per heavy atom. The van der Waals surface area contributed by atoms with Gasteiger partial charge in [-0.15, -0.1) is 0 Å². The largest absolute Gasteiger partial charge is 0.385 e. The lowest BCUT2D eigenvalue weighted by Gasteiger charge is -2.41. The van der Waals surface area contributed by atoms with Crippen LogP contribution in [-0.4, -0.2) is 29.1 Å². The second-order valence-corrected chi connectivity index (χ2v) is 5.83. The van der Waals surface area contributed by atoms with Crippen molar-refractivity contribution in [2.75, 3.05) is 13.1 Å². The van der Waals surface area contributed by atoms with Crippen LogP contribution in [0.4, 0.5) is 4.39 Å². The van der Waals surface area contributed by atoms with Crippen molar-refractivity contribution >= 4 is 0 Å². The summed E-state index contributed by atoms with van der Waals surface area (Å²) < 4.78 is 13.5. The number of rotatable bonds is 1. The highest BCUT2D eigenvalue weighted by Gasteiger charge is 2.41. The zero-order valence-corrected chi connectivity index (χ0v) is 10.8. The van der Waals surface area contributed by atoms with Crippen molar-refractivity contribution in [1.29, 1.82) is 0 Å². The van der Waals surface area contributed by atoms with E-state index < -0.39 is 5.60 Å². The van der Waals surface area contributed by atoms with Crippen molar-refractivity contribution in [3.8, 4) is 0 Å². The first-order valence-electron chi connectivity index (χ1n) is 6.81. The molecule has 0 aromatic heterocycles. The Kier molecular flexibility index (Phi) is 2.91. The summed E-state index contributed by atoms with van der Waals surface area (Å²) in [5.41, 5.74) is 0.803. The number of piperidine rings is 1. The fourth-order valence-corrected chi connectivity index (χ4v) is 3.51. The average Bonchev–Trinajstić information content (AvgIpc) is 2.74. The zero-order chi connectivity index (χ0) is 12.8. The van der Waals surface area contributed by atoms with Gasteiger partial charge in [0.15, 0.2) is 0 Å². The van der Waals surface area contributed by atoms with Gasteiger partial charge < -0.3 is 10.0 Å². The maximum Gasteiger partial charge on any atom is 0.123 e. The summed E-state index contributed by atoms with van der Waals surface area (Å²) in [6, 6.07) is 5.41. The molecular weight excluding hydrogens is 229 g/mol. The fraction of sp³-hybridized carbons (Fsp3) is 0.600. The zero-order valence-electron chi connectivity index (χ0n) is 10.8. The monoisotopic (exact) mass is 249 g/mol. The molecule has 3 heteroatoms. The van der Waals surface area contributed by atoms with E-state index in [0.29, 0.717) is 12.5 Å². The number of aliphatic hydroxyl groups is 1. The van der Waals surface area contributed by atoms with Crippen LogP contribution in [0, 0.1) is 12.7 Å². The van der Waals surface area contributed by atoms with Gasteiger partial charge in [0.1, 0.15) is 5.82 Å². The molecule has 1 aromatic carbocycles. The quantitative estimate of drug-likeness (QED) is 0.827. The summed E-state index contributed by atoms with van der Waals surface area (Å²) in [6.07, 6.45) is 3.85. The smallest absolute Gasteiger partial charge is 0.123 e. The molecule has 2 fully saturated rings. The molecule has 0 spiro atoms. The lowest BCUT2D eigenvalue weighted by Crippen LogP contribution is -2.46. The minimum absolute atomic E-state index is 0.243. The molecule has 2 heterocycles. The second-order valence-electron chi connectivity index (χ2n) is 5.83. The number of hydrogen-bond donors (Lipinski definition) is 1. The van der Waals surface area contributed by atoms with E-state index in [1.807, 2.05) is 13.0 Å². The van der Waals surface area contributed by atoms with Gasteiger partial charge in [-0.2, -0.15) is 0 Å². The first-order chi connectivity index (χ1) is 8.57. The molecule has 1 N–H and O–H groups in total. The molecule has 98 valence electrons. The highest BCUT2D eigenvalue weighted by Crippen LogP contribution is 2.39. The van der Waals surface area contributed by atoms with Crippen LogP contribution in [0.3, 0.4) is 0 Å². The molecule has 3 rings (SSSR count). The van der Waals surface area contributed by atoms with Gasteiger partial charge >= 0.3 is 0 Å². The molecule has 2 nitrogen and oxygen atoms in total. The second kappa shape index (κ2) is 4.32. The third kappa shape index (κ3) is 2.06. The standard InChI is InChI=1S/C15H20FNO/c1-11-7-12(9-13(16)8-11)15(18)4-6-17-5-2-3-14(17)10-15/h7-9,14,18H,2-6,10H2,1H3. The summed E-state index contributed by atoms with van der Waals surface area (Å²) in [7, 11) is 0. The average molecular weight is 249 g/mol. The molecule has 2 saturated heterocycles. The van der Waals surface area contributed by atoms with Gasteiger partial charge in [-0.3, -0.25) is 0 Å². The Morgan fingerprint density at radius 3 is 2.94 bits per heavy atom. The van der Waals surface area contributed by atoms with Gasteiger partial charge in [0.25, 0.3) is 0 Å². The van der Waals surface area contributed by atoms with Crippen molar-refractivity contribution in [3.63, 3.8) is 0 Å². The Morgan fingerprint density at radius 1 is 1.33 bits per heavy atom. The van der Waals surface area contributed by atoms with E-state index in [2.05, 4.69) is 4.90 Å². The number of halogens is 1. The maximum absolute atomic E-state index is 13.5. The van der Waals surface area contributed by atoms with Crippen LogP contribution in [0.15, 0.2) is 18.2 Å². The Balaban J connectivity index is 1.89. The van der Waals surface area contributed by atoms with Crippen LogP contribution in [0.1, 0.15) is 36.8 Å². The minimum atomic E-state index is -0.835. The van der Waals surface area contributed by atoms with Crippen molar-refractivity contribution in [3.05, 3.63) is 35.1 Å². The number of hydrogen-bond acceptors (Lipinski definition) is 2. The van der Waals surface area contributed by atoms with E-state index in [0.717, 1.165) is 37.1 Å². The number of benzene rings is 1. The van der Waals surface area contributed by atoms with Gasteiger partial charge in [-0.1, -0.05) is 6.07 Å². The fourth-order valence-electron chi connectivity index (χ4n) is 3.51. The van der Waals surface area contributed by atoms with Gasteiger partial charge in [-0.05, 0) is 62.4 Å². The molecule has 18 heavy (non-hydrogen) atoms. The SMILES string of the molecule is Cc1cc(F)cc(C2(O)CCN3CCCC3C2)c1. The summed E-state index contributed by atoms with van der Waals surface area (Å²) in [4.78, 5) is 2.46. The van der Waals surface area contributed by atoms with Crippen molar-refractivity contribution in [2.45, 2.75) is 44.2 Å². The minimum Gasteiger partial charge on any atom is -0.385 e. The third-order valence-electron chi connectivity index (χ3n) is 4.46. The van der Waals surface area contributed by atoms with Gasteiger partial charge in [0.2, 0.25) is 0 Å². The molecule has 0 aliphatic carbocycles. The highest BCUT2D eigenvalue weighted by atomic mass is 19.1. The molecule has 2 unspecified atom stereocenters. The van der Waals surface area contributed by atoms with E-state index in [9.17, 15) is 9.50 Å². The third-order valence-corrected chi connectivity index (χ3v) is 4.46. The lowest BCUT2D eigenvalue weighted by atomic mass is 9.80. The van der Waals surface area contributed by atoms with E-state index >= 15 is 0 Å².